The first-order valence-electron chi connectivity index (χ1n) is 1.52. The number of hydrogen-bond donors (Lipinski definition) is 0. The molecular weight excluding hydrogens is 131 g/mol. The first kappa shape index (κ1) is 9.96. The number of allylic oxidation sites excluding steroid dienone is 3. The monoisotopic (exact) mass is 138 g/mol. The van der Waals surface area contributed by atoms with Crippen LogP contribution in [0.1, 0.15) is 0 Å². The maximum Gasteiger partial charge on any atom is -0.358 e. The molecule has 0 aromatic heterocycles. The van der Waals surface area contributed by atoms with Gasteiger partial charge in [0.1, 0.15) is 0 Å². The molecule has 0 aliphatic rings. The molecule has 0 radical (unpaired) electrons. The Kier molecular flexibility index (Phi) is 13.2. The van der Waals surface area contributed by atoms with Crippen LogP contribution in [-0.2, 0) is 15.0 Å². The van der Waals surface area contributed by atoms with Crippen LogP contribution in [0.5, 0.6) is 0 Å². The van der Waals surface area contributed by atoms with Crippen LogP contribution in [0.15, 0.2) is 18.2 Å². The molecule has 7 heavy (non-hydrogen) atoms. The molecule has 0 amide bonds. The van der Waals surface area contributed by atoms with Gasteiger partial charge in [0.15, 0.2) is 0 Å². The van der Waals surface area contributed by atoms with Gasteiger partial charge < -0.3 is 7.43 Å². The Labute approximate surface area is 52.8 Å². The second-order valence-corrected chi connectivity index (χ2v) is 1.01. The minimum atomic E-state index is 0. The summed E-state index contributed by atoms with van der Waals surface area (Å²) in [6.07, 6.45) is 4.83. The Morgan fingerprint density at radius 3 is 2.00 bits per heavy atom. The van der Waals surface area contributed by atoms with Crippen molar-refractivity contribution in [2.75, 3.05) is 0 Å². The van der Waals surface area contributed by atoms with Crippen LogP contribution in [0.4, 0.5) is 0 Å². The van der Waals surface area contributed by atoms with Crippen molar-refractivity contribution in [2.24, 2.45) is 0 Å². The zero-order valence-electron chi connectivity index (χ0n) is 4.20. The third-order valence-corrected chi connectivity index (χ3v) is 0.473. The van der Waals surface area contributed by atoms with Crippen LogP contribution in [-0.4, -0.2) is 4.99 Å². The average molecular weight is 139 g/mol. The molecule has 0 saturated heterocycles. The van der Waals surface area contributed by atoms with Gasteiger partial charge >= 0.3 is 44.8 Å². The molecular formula is C6H8Ni-2. The van der Waals surface area contributed by atoms with E-state index in [4.69, 9.17) is 6.58 Å². The third kappa shape index (κ3) is 10.7. The SMILES string of the molecule is [CH-]=C/C=C\[CH]=[Ni].[CH3-]. The van der Waals surface area contributed by atoms with Crippen molar-refractivity contribution < 1.29 is 15.0 Å². The van der Waals surface area contributed by atoms with E-state index >= 15 is 0 Å². The fraction of sp³-hybridized carbons (Fsp3) is 0. The van der Waals surface area contributed by atoms with E-state index < -0.39 is 0 Å². The Bertz CT molecular complexity index is 62.2. The van der Waals surface area contributed by atoms with Crippen LogP contribution in [0.25, 0.3) is 0 Å². The van der Waals surface area contributed by atoms with Gasteiger partial charge in [-0.15, -0.1) is 0 Å². The molecule has 0 aromatic rings. The van der Waals surface area contributed by atoms with Crippen LogP contribution in [0.2, 0.25) is 0 Å². The summed E-state index contributed by atoms with van der Waals surface area (Å²) in [4.78, 5) is 1.54. The molecule has 0 spiro atoms. The zero-order valence-corrected chi connectivity index (χ0v) is 5.19. The standard InChI is InChI=1S/C5H5.CH3.Ni/c1-3-5-4-2;;/h1-5H;1H3;/q2*-1;/b5-3-;;. The maximum absolute atomic E-state index is 4.94. The molecule has 0 saturated carbocycles. The molecule has 1 heteroatoms. The molecule has 0 nitrogen and oxygen atoms in total. The first-order chi connectivity index (χ1) is 2.91. The van der Waals surface area contributed by atoms with Gasteiger partial charge in [0, 0.05) is 0 Å². The minimum absolute atomic E-state index is 0. The zero-order chi connectivity index (χ0) is 4.83. The molecule has 0 aliphatic heterocycles. The van der Waals surface area contributed by atoms with E-state index in [1.165, 1.54) is 6.08 Å². The maximum atomic E-state index is 4.94. The Morgan fingerprint density at radius 2 is 1.86 bits per heavy atom. The quantitative estimate of drug-likeness (QED) is 0.307. The van der Waals surface area contributed by atoms with Gasteiger partial charge in [0.2, 0.25) is 0 Å². The van der Waals surface area contributed by atoms with Gasteiger partial charge in [-0.25, -0.2) is 0 Å². The first-order valence-corrected chi connectivity index (χ1v) is 2.09. The van der Waals surface area contributed by atoms with Crippen molar-refractivity contribution in [3.05, 3.63) is 32.2 Å². The molecule has 0 atom stereocenters. The molecule has 0 bridgehead atoms. The van der Waals surface area contributed by atoms with Crippen molar-refractivity contribution in [2.45, 2.75) is 0 Å². The summed E-state index contributed by atoms with van der Waals surface area (Å²) >= 11 is 4.18. The largest absolute Gasteiger partial charge is 0.358 e. The van der Waals surface area contributed by atoms with E-state index in [0.717, 1.165) is 0 Å². The second-order valence-electron chi connectivity index (χ2n) is 0.683. The van der Waals surface area contributed by atoms with E-state index in [1.54, 1.807) is 17.1 Å². The molecule has 0 heterocycles. The summed E-state index contributed by atoms with van der Waals surface area (Å²) in [6.45, 7) is 4.94. The molecule has 0 N–H and O–H groups in total. The summed E-state index contributed by atoms with van der Waals surface area (Å²) in [6, 6.07) is 0. The topological polar surface area (TPSA) is 0 Å². The molecule has 44 valence electrons. The second kappa shape index (κ2) is 9.28. The molecule has 0 aromatic carbocycles. The normalized spacial score (nSPS) is 7.71. The number of hydrogen-bond acceptors (Lipinski definition) is 0. The van der Waals surface area contributed by atoms with Gasteiger partial charge in [0.25, 0.3) is 0 Å². The van der Waals surface area contributed by atoms with E-state index in [2.05, 4.69) is 15.0 Å². The van der Waals surface area contributed by atoms with Crippen molar-refractivity contribution in [3.63, 3.8) is 0 Å². The molecule has 0 unspecified atom stereocenters. The van der Waals surface area contributed by atoms with Gasteiger partial charge in [-0.3, -0.25) is 0 Å². The summed E-state index contributed by atoms with van der Waals surface area (Å²) < 4.78 is 0. The van der Waals surface area contributed by atoms with E-state index in [-0.39, 0.29) is 7.43 Å². The van der Waals surface area contributed by atoms with Crippen LogP contribution >= 0.6 is 0 Å². The van der Waals surface area contributed by atoms with Crippen molar-refractivity contribution in [1.29, 1.82) is 0 Å². The van der Waals surface area contributed by atoms with E-state index in [1.807, 2.05) is 0 Å². The predicted octanol–water partition coefficient (Wildman–Crippen LogP) is 1.33. The predicted molar refractivity (Wildman–Crippen MR) is 30.5 cm³/mol. The van der Waals surface area contributed by atoms with Gasteiger partial charge in [-0.05, 0) is 0 Å². The summed E-state index contributed by atoms with van der Waals surface area (Å²) in [5.74, 6) is 0. The fourth-order valence-electron chi connectivity index (χ4n) is 0.0993. The minimum Gasteiger partial charge on any atom is -0.358 e. The summed E-state index contributed by atoms with van der Waals surface area (Å²) in [5.41, 5.74) is 0. The van der Waals surface area contributed by atoms with Crippen molar-refractivity contribution >= 4 is 4.99 Å². The molecule has 0 fully saturated rings. The Morgan fingerprint density at radius 1 is 1.29 bits per heavy atom. The number of rotatable bonds is 2. The van der Waals surface area contributed by atoms with Crippen molar-refractivity contribution in [1.82, 2.24) is 0 Å². The van der Waals surface area contributed by atoms with E-state index in [0.29, 0.717) is 0 Å². The third-order valence-electron chi connectivity index (χ3n) is 0.283. The Balaban J connectivity index is 0. The summed E-state index contributed by atoms with van der Waals surface area (Å²) in [7, 11) is 0. The van der Waals surface area contributed by atoms with Gasteiger partial charge in [-0.1, -0.05) is 0 Å². The van der Waals surface area contributed by atoms with Gasteiger partial charge in [-0.2, -0.15) is 0 Å². The molecule has 0 rings (SSSR count). The van der Waals surface area contributed by atoms with Crippen LogP contribution < -0.4 is 0 Å². The van der Waals surface area contributed by atoms with E-state index in [9.17, 15) is 0 Å². The van der Waals surface area contributed by atoms with Gasteiger partial charge in [0.05, 0.1) is 0 Å². The van der Waals surface area contributed by atoms with Crippen molar-refractivity contribution in [3.8, 4) is 0 Å². The van der Waals surface area contributed by atoms with Crippen LogP contribution in [0, 0.1) is 14.0 Å². The molecule has 0 aliphatic carbocycles. The Hall–Kier alpha value is -0.156. The summed E-state index contributed by atoms with van der Waals surface area (Å²) in [5, 5.41) is 0. The smallest absolute Gasteiger partial charge is 0.358 e. The fourth-order valence-corrected chi connectivity index (χ4v) is 0.209. The average Bonchev–Trinajstić information content (AvgIpc) is 1.61. The van der Waals surface area contributed by atoms with Crippen LogP contribution in [0.3, 0.4) is 0 Å².